The predicted molar refractivity (Wildman–Crippen MR) is 136 cm³/mol. The van der Waals surface area contributed by atoms with Crippen LogP contribution in [0.4, 0.5) is 0 Å². The summed E-state index contributed by atoms with van der Waals surface area (Å²) in [7, 11) is 3.13. The molecule has 0 aliphatic heterocycles. The SMILES string of the molecule is COc1cnc(-c2cccc(COc3cc(Cl)cc4oc(-c5cnc6sc(OC)nn56)cc34)c2)cn1. The lowest BCUT2D eigenvalue weighted by Crippen LogP contribution is -1.97. The minimum absolute atomic E-state index is 0.327. The summed E-state index contributed by atoms with van der Waals surface area (Å²) in [5, 5.41) is 6.24. The second-order valence-corrected chi connectivity index (χ2v) is 9.12. The molecule has 4 heterocycles. The fraction of sp³-hybridized carbons (Fsp3) is 0.120. The van der Waals surface area contributed by atoms with Crippen LogP contribution in [-0.4, -0.2) is 38.8 Å². The summed E-state index contributed by atoms with van der Waals surface area (Å²) in [6, 6.07) is 13.4. The van der Waals surface area contributed by atoms with Crippen molar-refractivity contribution in [2.45, 2.75) is 6.61 Å². The zero-order chi connectivity index (χ0) is 24.6. The Kier molecular flexibility index (Phi) is 5.67. The molecule has 180 valence electrons. The summed E-state index contributed by atoms with van der Waals surface area (Å²) in [5.41, 5.74) is 3.95. The second kappa shape index (κ2) is 9.14. The van der Waals surface area contributed by atoms with Crippen LogP contribution in [0.1, 0.15) is 5.56 Å². The molecule has 0 saturated heterocycles. The highest BCUT2D eigenvalue weighted by Gasteiger charge is 2.18. The van der Waals surface area contributed by atoms with Crippen LogP contribution in [0, 0.1) is 0 Å². The van der Waals surface area contributed by atoms with Gasteiger partial charge < -0.3 is 18.6 Å². The zero-order valence-corrected chi connectivity index (χ0v) is 20.7. The van der Waals surface area contributed by atoms with Gasteiger partial charge >= 0.3 is 0 Å². The molecule has 36 heavy (non-hydrogen) atoms. The molecule has 11 heteroatoms. The second-order valence-electron chi connectivity index (χ2n) is 7.77. The van der Waals surface area contributed by atoms with Crippen LogP contribution in [-0.2, 0) is 6.61 Å². The first-order valence-electron chi connectivity index (χ1n) is 10.8. The topological polar surface area (TPSA) is 96.8 Å². The van der Waals surface area contributed by atoms with Crippen molar-refractivity contribution in [2.75, 3.05) is 14.2 Å². The third-order valence-corrected chi connectivity index (χ3v) is 6.61. The molecule has 0 saturated carbocycles. The van der Waals surface area contributed by atoms with E-state index in [-0.39, 0.29) is 0 Å². The molecule has 4 aromatic heterocycles. The van der Waals surface area contributed by atoms with Gasteiger partial charge in [0.15, 0.2) is 5.76 Å². The van der Waals surface area contributed by atoms with E-state index in [1.165, 1.54) is 11.3 Å². The highest BCUT2D eigenvalue weighted by molar-refractivity contribution is 7.18. The molecule has 0 atom stereocenters. The first-order chi connectivity index (χ1) is 17.6. The lowest BCUT2D eigenvalue weighted by atomic mass is 10.1. The van der Waals surface area contributed by atoms with E-state index in [9.17, 15) is 0 Å². The van der Waals surface area contributed by atoms with Gasteiger partial charge in [0, 0.05) is 16.7 Å². The Morgan fingerprint density at radius 2 is 1.92 bits per heavy atom. The van der Waals surface area contributed by atoms with Crippen molar-refractivity contribution in [3.63, 3.8) is 0 Å². The Hall–Kier alpha value is -4.15. The number of furan rings is 1. The lowest BCUT2D eigenvalue weighted by molar-refractivity contribution is 0.310. The van der Waals surface area contributed by atoms with E-state index >= 15 is 0 Å². The van der Waals surface area contributed by atoms with Crippen molar-refractivity contribution in [2.24, 2.45) is 0 Å². The summed E-state index contributed by atoms with van der Waals surface area (Å²) in [6.45, 7) is 0.327. The number of aromatic nitrogens is 5. The Balaban J connectivity index is 1.29. The molecule has 0 unspecified atom stereocenters. The highest BCUT2D eigenvalue weighted by atomic mass is 35.5. The Morgan fingerprint density at radius 1 is 1.00 bits per heavy atom. The third kappa shape index (κ3) is 4.10. The quantitative estimate of drug-likeness (QED) is 0.257. The van der Waals surface area contributed by atoms with Crippen LogP contribution in [0.5, 0.6) is 16.8 Å². The summed E-state index contributed by atoms with van der Waals surface area (Å²) < 4.78 is 24.3. The average molecular weight is 520 g/mol. The van der Waals surface area contributed by atoms with Crippen LogP contribution in [0.2, 0.25) is 5.02 Å². The third-order valence-electron chi connectivity index (χ3n) is 5.51. The number of nitrogens with zero attached hydrogens (tertiary/aromatic N) is 5. The molecule has 0 bridgehead atoms. The molecule has 6 rings (SSSR count). The Bertz CT molecular complexity index is 1690. The van der Waals surface area contributed by atoms with Crippen LogP contribution in [0.15, 0.2) is 65.5 Å². The maximum Gasteiger partial charge on any atom is 0.294 e. The van der Waals surface area contributed by atoms with Gasteiger partial charge in [-0.1, -0.05) is 29.8 Å². The maximum atomic E-state index is 6.38. The van der Waals surface area contributed by atoms with E-state index in [1.807, 2.05) is 30.3 Å². The van der Waals surface area contributed by atoms with E-state index < -0.39 is 0 Å². The first-order valence-corrected chi connectivity index (χ1v) is 12.0. The number of rotatable bonds is 7. The van der Waals surface area contributed by atoms with E-state index in [4.69, 9.17) is 30.2 Å². The minimum atomic E-state index is 0.327. The largest absolute Gasteiger partial charge is 0.488 e. The van der Waals surface area contributed by atoms with Gasteiger partial charge in [0.05, 0.1) is 43.9 Å². The minimum Gasteiger partial charge on any atom is -0.488 e. The van der Waals surface area contributed by atoms with Gasteiger partial charge in [-0.2, -0.15) is 4.52 Å². The summed E-state index contributed by atoms with van der Waals surface area (Å²) in [6.07, 6.45) is 4.98. The normalized spacial score (nSPS) is 11.3. The van der Waals surface area contributed by atoms with E-state index in [0.29, 0.717) is 50.5 Å². The Morgan fingerprint density at radius 3 is 2.72 bits per heavy atom. The van der Waals surface area contributed by atoms with Gasteiger partial charge in [-0.15, -0.1) is 5.10 Å². The van der Waals surface area contributed by atoms with Gasteiger partial charge in [0.25, 0.3) is 5.19 Å². The van der Waals surface area contributed by atoms with Gasteiger partial charge in [-0.25, -0.2) is 15.0 Å². The Labute approximate surface area is 213 Å². The molecule has 0 spiro atoms. The number of imidazole rings is 1. The van der Waals surface area contributed by atoms with E-state index in [1.54, 1.807) is 49.5 Å². The molecule has 0 amide bonds. The van der Waals surface area contributed by atoms with Crippen molar-refractivity contribution < 1.29 is 18.6 Å². The van der Waals surface area contributed by atoms with Gasteiger partial charge in [0.2, 0.25) is 10.8 Å². The summed E-state index contributed by atoms with van der Waals surface area (Å²) in [5.74, 6) is 1.67. The molecule has 6 aromatic rings. The number of ether oxygens (including phenoxy) is 3. The van der Waals surface area contributed by atoms with Crippen molar-refractivity contribution in [1.82, 2.24) is 24.6 Å². The number of benzene rings is 2. The van der Waals surface area contributed by atoms with Gasteiger partial charge in [-0.05, 0) is 35.1 Å². The number of fused-ring (bicyclic) bond motifs is 2. The zero-order valence-electron chi connectivity index (χ0n) is 19.1. The first kappa shape index (κ1) is 22.3. The predicted octanol–water partition coefficient (Wildman–Crippen LogP) is 5.91. The van der Waals surface area contributed by atoms with E-state index in [2.05, 4.69) is 20.1 Å². The number of methoxy groups -OCH3 is 2. The van der Waals surface area contributed by atoms with Crippen molar-refractivity contribution in [3.8, 4) is 39.5 Å². The standard InChI is InChI=1S/C25H18ClN5O4S/c1-32-23-12-27-18(10-28-23)15-5-3-4-14(6-15)13-34-20-7-16(26)8-21-17(20)9-22(35-21)19-11-29-24-31(19)30-25(33-2)36-24/h3-12H,13H2,1-2H3. The van der Waals surface area contributed by atoms with Crippen LogP contribution in [0.3, 0.4) is 0 Å². The fourth-order valence-corrected chi connectivity index (χ4v) is 4.69. The van der Waals surface area contributed by atoms with Crippen LogP contribution >= 0.6 is 22.9 Å². The maximum absolute atomic E-state index is 6.38. The summed E-state index contributed by atoms with van der Waals surface area (Å²) in [4.78, 5) is 13.7. The molecular formula is C25H18ClN5O4S. The van der Waals surface area contributed by atoms with Crippen molar-refractivity contribution >= 4 is 38.9 Å². The van der Waals surface area contributed by atoms with Gasteiger partial charge in [0.1, 0.15) is 23.6 Å². The van der Waals surface area contributed by atoms with E-state index in [0.717, 1.165) is 22.2 Å². The molecule has 2 aromatic carbocycles. The molecule has 0 aliphatic carbocycles. The highest BCUT2D eigenvalue weighted by Crippen LogP contribution is 2.37. The molecule has 0 aliphatic rings. The molecular weight excluding hydrogens is 502 g/mol. The van der Waals surface area contributed by atoms with Crippen LogP contribution < -0.4 is 14.2 Å². The molecule has 0 N–H and O–H groups in total. The molecule has 9 nitrogen and oxygen atoms in total. The van der Waals surface area contributed by atoms with Crippen molar-refractivity contribution in [3.05, 3.63) is 71.6 Å². The number of halogens is 1. The fourth-order valence-electron chi connectivity index (χ4n) is 3.80. The summed E-state index contributed by atoms with van der Waals surface area (Å²) >= 11 is 7.73. The average Bonchev–Trinajstić information content (AvgIpc) is 3.61. The molecule has 0 radical (unpaired) electrons. The van der Waals surface area contributed by atoms with Crippen LogP contribution in [0.25, 0.3) is 38.6 Å². The lowest BCUT2D eigenvalue weighted by Gasteiger charge is -2.09. The number of hydrogen-bond donors (Lipinski definition) is 0. The number of hydrogen-bond acceptors (Lipinski definition) is 9. The van der Waals surface area contributed by atoms with Crippen molar-refractivity contribution in [1.29, 1.82) is 0 Å². The smallest absolute Gasteiger partial charge is 0.294 e. The van der Waals surface area contributed by atoms with Gasteiger partial charge in [-0.3, -0.25) is 0 Å². The molecule has 0 fully saturated rings. The monoisotopic (exact) mass is 519 g/mol.